The van der Waals surface area contributed by atoms with Crippen LogP contribution in [0.4, 0.5) is 0 Å². The van der Waals surface area contributed by atoms with Crippen LogP contribution < -0.4 is 10.1 Å². The van der Waals surface area contributed by atoms with Crippen molar-refractivity contribution in [2.75, 3.05) is 26.3 Å². The lowest BCUT2D eigenvalue weighted by atomic mass is 9.88. The van der Waals surface area contributed by atoms with Crippen LogP contribution in [0, 0.1) is 19.3 Å². The van der Waals surface area contributed by atoms with Gasteiger partial charge in [-0.05, 0) is 62.3 Å². The number of ether oxygens (including phenoxy) is 1. The topological polar surface area (TPSA) is 41.5 Å². The molecule has 0 aromatic heterocycles. The van der Waals surface area contributed by atoms with E-state index in [4.69, 9.17) is 9.84 Å². The standard InChI is InChI=1S/C18H31NO2/c1-15-7-8-16(2)17(13-15)21-12-5-9-18(3,4)14-19-10-6-11-20/h7-8,13,19-20H,5-6,9-12,14H2,1-4H3. The highest BCUT2D eigenvalue weighted by atomic mass is 16.5. The molecule has 0 aliphatic carbocycles. The zero-order valence-electron chi connectivity index (χ0n) is 14.0. The maximum atomic E-state index is 8.76. The summed E-state index contributed by atoms with van der Waals surface area (Å²) in [5, 5.41) is 12.2. The lowest BCUT2D eigenvalue weighted by molar-refractivity contribution is 0.244. The monoisotopic (exact) mass is 293 g/mol. The van der Waals surface area contributed by atoms with Crippen LogP contribution in [0.1, 0.15) is 44.2 Å². The number of benzene rings is 1. The van der Waals surface area contributed by atoms with Gasteiger partial charge in [0.1, 0.15) is 5.75 Å². The Kier molecular flexibility index (Phi) is 7.76. The molecule has 0 heterocycles. The van der Waals surface area contributed by atoms with Crippen molar-refractivity contribution in [2.45, 2.75) is 47.0 Å². The van der Waals surface area contributed by atoms with Gasteiger partial charge in [0.05, 0.1) is 6.61 Å². The van der Waals surface area contributed by atoms with Gasteiger partial charge in [0.15, 0.2) is 0 Å². The van der Waals surface area contributed by atoms with E-state index in [9.17, 15) is 0 Å². The number of nitrogens with one attached hydrogen (secondary N) is 1. The van der Waals surface area contributed by atoms with E-state index in [1.165, 1.54) is 11.1 Å². The molecular weight excluding hydrogens is 262 g/mol. The zero-order chi connectivity index (χ0) is 15.7. The third kappa shape index (κ3) is 7.49. The third-order valence-electron chi connectivity index (χ3n) is 3.71. The summed E-state index contributed by atoms with van der Waals surface area (Å²) < 4.78 is 5.90. The summed E-state index contributed by atoms with van der Waals surface area (Å²) in [4.78, 5) is 0. The highest BCUT2D eigenvalue weighted by molar-refractivity contribution is 5.35. The molecule has 0 fully saturated rings. The van der Waals surface area contributed by atoms with E-state index in [1.54, 1.807) is 0 Å². The van der Waals surface area contributed by atoms with Crippen LogP contribution in [-0.2, 0) is 0 Å². The highest BCUT2D eigenvalue weighted by Gasteiger charge is 2.16. The van der Waals surface area contributed by atoms with Gasteiger partial charge in [-0.1, -0.05) is 26.0 Å². The summed E-state index contributed by atoms with van der Waals surface area (Å²) in [6.07, 6.45) is 3.01. The quantitative estimate of drug-likeness (QED) is 0.649. The minimum Gasteiger partial charge on any atom is -0.493 e. The van der Waals surface area contributed by atoms with E-state index >= 15 is 0 Å². The first-order valence-electron chi connectivity index (χ1n) is 7.96. The van der Waals surface area contributed by atoms with Gasteiger partial charge in [0.2, 0.25) is 0 Å². The van der Waals surface area contributed by atoms with E-state index in [0.717, 1.165) is 44.7 Å². The van der Waals surface area contributed by atoms with Crippen LogP contribution in [0.2, 0.25) is 0 Å². The van der Waals surface area contributed by atoms with E-state index in [2.05, 4.69) is 51.2 Å². The minimum atomic E-state index is 0.261. The summed E-state index contributed by atoms with van der Waals surface area (Å²) in [6, 6.07) is 6.33. The summed E-state index contributed by atoms with van der Waals surface area (Å²) >= 11 is 0. The Morgan fingerprint density at radius 2 is 1.95 bits per heavy atom. The summed E-state index contributed by atoms with van der Waals surface area (Å²) in [7, 11) is 0. The van der Waals surface area contributed by atoms with Crippen molar-refractivity contribution in [1.29, 1.82) is 0 Å². The largest absolute Gasteiger partial charge is 0.493 e. The third-order valence-corrected chi connectivity index (χ3v) is 3.71. The Labute approximate surface area is 129 Å². The predicted molar refractivity (Wildman–Crippen MR) is 89.0 cm³/mol. The molecule has 1 rings (SSSR count). The van der Waals surface area contributed by atoms with Crippen molar-refractivity contribution >= 4 is 0 Å². The Balaban J connectivity index is 2.24. The van der Waals surface area contributed by atoms with Gasteiger partial charge in [-0.3, -0.25) is 0 Å². The first-order valence-corrected chi connectivity index (χ1v) is 7.96. The van der Waals surface area contributed by atoms with Crippen molar-refractivity contribution in [3.63, 3.8) is 0 Å². The number of hydrogen-bond donors (Lipinski definition) is 2. The molecule has 0 unspecified atom stereocenters. The number of aliphatic hydroxyl groups excluding tert-OH is 1. The van der Waals surface area contributed by atoms with Crippen molar-refractivity contribution < 1.29 is 9.84 Å². The van der Waals surface area contributed by atoms with Gasteiger partial charge in [-0.15, -0.1) is 0 Å². The molecule has 0 saturated carbocycles. The van der Waals surface area contributed by atoms with Gasteiger partial charge >= 0.3 is 0 Å². The lowest BCUT2D eigenvalue weighted by Crippen LogP contribution is -2.30. The summed E-state index contributed by atoms with van der Waals surface area (Å²) in [5.74, 6) is 1.01. The summed E-state index contributed by atoms with van der Waals surface area (Å²) in [5.41, 5.74) is 2.70. The molecule has 21 heavy (non-hydrogen) atoms. The molecule has 0 saturated heterocycles. The van der Waals surface area contributed by atoms with Gasteiger partial charge in [0.25, 0.3) is 0 Å². The molecule has 2 N–H and O–H groups in total. The van der Waals surface area contributed by atoms with Crippen LogP contribution >= 0.6 is 0 Å². The van der Waals surface area contributed by atoms with Gasteiger partial charge in [-0.25, -0.2) is 0 Å². The fourth-order valence-electron chi connectivity index (χ4n) is 2.31. The first kappa shape index (κ1) is 18.0. The molecule has 1 aromatic carbocycles. The average Bonchev–Trinajstić information content (AvgIpc) is 2.43. The Morgan fingerprint density at radius 3 is 2.67 bits per heavy atom. The van der Waals surface area contributed by atoms with E-state index in [1.807, 2.05) is 0 Å². The first-order chi connectivity index (χ1) is 9.94. The molecule has 0 bridgehead atoms. The van der Waals surface area contributed by atoms with E-state index < -0.39 is 0 Å². The molecule has 1 aromatic rings. The number of aryl methyl sites for hydroxylation is 2. The number of hydrogen-bond acceptors (Lipinski definition) is 3. The van der Waals surface area contributed by atoms with Crippen molar-refractivity contribution in [1.82, 2.24) is 5.32 Å². The van der Waals surface area contributed by atoms with Crippen molar-refractivity contribution in [3.8, 4) is 5.75 Å². The fraction of sp³-hybridized carbons (Fsp3) is 0.667. The normalized spacial score (nSPS) is 11.7. The second kappa shape index (κ2) is 9.06. The van der Waals surface area contributed by atoms with Gasteiger partial charge in [-0.2, -0.15) is 0 Å². The SMILES string of the molecule is Cc1ccc(C)c(OCCCC(C)(C)CNCCCO)c1. The van der Waals surface area contributed by atoms with Gasteiger partial charge in [0, 0.05) is 13.2 Å². The average molecular weight is 293 g/mol. The van der Waals surface area contributed by atoms with Crippen LogP contribution in [0.15, 0.2) is 18.2 Å². The molecule has 0 aliphatic rings. The lowest BCUT2D eigenvalue weighted by Gasteiger charge is -2.25. The number of rotatable bonds is 10. The molecule has 3 nitrogen and oxygen atoms in total. The predicted octanol–water partition coefficient (Wildman–Crippen LogP) is 3.46. The van der Waals surface area contributed by atoms with Crippen LogP contribution in [0.5, 0.6) is 5.75 Å². The molecule has 0 amide bonds. The molecule has 0 radical (unpaired) electrons. The van der Waals surface area contributed by atoms with Crippen molar-refractivity contribution in [2.24, 2.45) is 5.41 Å². The number of aliphatic hydroxyl groups is 1. The van der Waals surface area contributed by atoms with Crippen LogP contribution in [-0.4, -0.2) is 31.4 Å². The second-order valence-corrected chi connectivity index (χ2v) is 6.64. The Bertz CT molecular complexity index is 416. The van der Waals surface area contributed by atoms with Crippen LogP contribution in [0.25, 0.3) is 0 Å². The van der Waals surface area contributed by atoms with Crippen molar-refractivity contribution in [3.05, 3.63) is 29.3 Å². The molecule has 0 atom stereocenters. The van der Waals surface area contributed by atoms with E-state index in [-0.39, 0.29) is 12.0 Å². The molecule has 0 aliphatic heterocycles. The fourth-order valence-corrected chi connectivity index (χ4v) is 2.31. The highest BCUT2D eigenvalue weighted by Crippen LogP contribution is 2.23. The molecule has 120 valence electrons. The molecule has 0 spiro atoms. The second-order valence-electron chi connectivity index (χ2n) is 6.64. The zero-order valence-corrected chi connectivity index (χ0v) is 14.0. The Morgan fingerprint density at radius 1 is 1.19 bits per heavy atom. The minimum absolute atomic E-state index is 0.261. The van der Waals surface area contributed by atoms with Crippen LogP contribution in [0.3, 0.4) is 0 Å². The smallest absolute Gasteiger partial charge is 0.122 e. The maximum Gasteiger partial charge on any atom is 0.122 e. The Hall–Kier alpha value is -1.06. The van der Waals surface area contributed by atoms with Gasteiger partial charge < -0.3 is 15.2 Å². The maximum absolute atomic E-state index is 8.76. The van der Waals surface area contributed by atoms with E-state index in [0.29, 0.717) is 0 Å². The summed E-state index contributed by atoms with van der Waals surface area (Å²) in [6.45, 7) is 11.6. The molecule has 3 heteroatoms. The molecular formula is C18H31NO2.